The van der Waals surface area contributed by atoms with E-state index < -0.39 is 18.0 Å². The summed E-state index contributed by atoms with van der Waals surface area (Å²) in [5.41, 5.74) is 15.8. The summed E-state index contributed by atoms with van der Waals surface area (Å²) >= 11 is 0. The van der Waals surface area contributed by atoms with Gasteiger partial charge < -0.3 is 33.2 Å². The number of hydrogen-bond acceptors (Lipinski definition) is 5. The van der Waals surface area contributed by atoms with Gasteiger partial charge in [-0.1, -0.05) is 12.8 Å². The number of aliphatic imine (C=N–C) groups is 1. The molecule has 0 heterocycles. The summed E-state index contributed by atoms with van der Waals surface area (Å²) in [5.74, 6) is -1.70. The Balaban J connectivity index is 3.60. The second-order valence-corrected chi connectivity index (χ2v) is 6.26. The van der Waals surface area contributed by atoms with E-state index in [-0.39, 0.29) is 5.96 Å². The van der Waals surface area contributed by atoms with Crippen LogP contribution in [0.25, 0.3) is 0 Å². The molecule has 1 unspecified atom stereocenters. The number of nitrogens with two attached hydrogens (primary N) is 3. The highest BCUT2D eigenvalue weighted by Gasteiger charge is 2.24. The molecule has 1 atom stereocenters. The number of carbonyl (C=O) groups is 2. The number of guanidine groups is 1. The third kappa shape index (κ3) is 16.0. The molecule has 0 bridgehead atoms. The van der Waals surface area contributed by atoms with Crippen molar-refractivity contribution in [2.75, 3.05) is 39.3 Å². The molecular formula is C17H36FN7O2. The smallest absolute Gasteiger partial charge is 0.264 e. The summed E-state index contributed by atoms with van der Waals surface area (Å²) in [6, 6.07) is 0. The molecule has 0 aliphatic heterocycles. The number of halogens is 1. The molecule has 9 N–H and O–H groups in total. The Morgan fingerprint density at radius 3 is 1.93 bits per heavy atom. The summed E-state index contributed by atoms with van der Waals surface area (Å²) in [7, 11) is 0. The zero-order valence-corrected chi connectivity index (χ0v) is 16.1. The number of amides is 2. The number of carbonyl (C=O) groups excluding carboxylic acids is 2. The molecule has 158 valence electrons. The van der Waals surface area contributed by atoms with E-state index >= 15 is 0 Å². The van der Waals surface area contributed by atoms with Crippen LogP contribution in [0.1, 0.15) is 44.9 Å². The highest BCUT2D eigenvalue weighted by Crippen LogP contribution is 2.00. The highest BCUT2D eigenvalue weighted by molar-refractivity contribution is 6.03. The lowest BCUT2D eigenvalue weighted by atomic mass is 10.2. The van der Waals surface area contributed by atoms with Crippen molar-refractivity contribution in [3.63, 3.8) is 0 Å². The summed E-state index contributed by atoms with van der Waals surface area (Å²) in [6.45, 7) is 3.60. The molecule has 0 aliphatic rings. The van der Waals surface area contributed by atoms with Crippen LogP contribution in [0.5, 0.6) is 0 Å². The van der Waals surface area contributed by atoms with Crippen molar-refractivity contribution >= 4 is 17.8 Å². The van der Waals surface area contributed by atoms with Crippen molar-refractivity contribution < 1.29 is 14.0 Å². The van der Waals surface area contributed by atoms with Crippen molar-refractivity contribution in [2.24, 2.45) is 22.2 Å². The van der Waals surface area contributed by atoms with E-state index in [9.17, 15) is 14.0 Å². The van der Waals surface area contributed by atoms with E-state index in [2.05, 4.69) is 20.9 Å². The highest BCUT2D eigenvalue weighted by atomic mass is 19.1. The van der Waals surface area contributed by atoms with Crippen molar-refractivity contribution in [3.8, 4) is 0 Å². The topological polar surface area (TPSA) is 161 Å². The van der Waals surface area contributed by atoms with Gasteiger partial charge in [0, 0.05) is 19.6 Å². The van der Waals surface area contributed by atoms with Crippen molar-refractivity contribution in [2.45, 2.75) is 51.1 Å². The van der Waals surface area contributed by atoms with E-state index in [0.717, 1.165) is 51.6 Å². The number of nitrogens with one attached hydrogen (secondary N) is 3. The van der Waals surface area contributed by atoms with Crippen LogP contribution in [0, 0.1) is 0 Å². The lowest BCUT2D eigenvalue weighted by Crippen LogP contribution is -2.43. The molecule has 0 aliphatic carbocycles. The molecule has 0 aromatic carbocycles. The number of unbranched alkanes of at least 4 members (excludes halogenated alkanes) is 4. The maximum Gasteiger partial charge on any atom is 0.264 e. The molecule has 9 nitrogen and oxygen atoms in total. The Kier molecular flexibility index (Phi) is 16.2. The monoisotopic (exact) mass is 389 g/mol. The van der Waals surface area contributed by atoms with E-state index in [1.165, 1.54) is 0 Å². The lowest BCUT2D eigenvalue weighted by Gasteiger charge is -2.10. The number of hydrogen-bond donors (Lipinski definition) is 6. The van der Waals surface area contributed by atoms with Crippen molar-refractivity contribution in [1.29, 1.82) is 0 Å². The third-order valence-corrected chi connectivity index (χ3v) is 3.78. The molecule has 0 saturated heterocycles. The van der Waals surface area contributed by atoms with Gasteiger partial charge in [-0.25, -0.2) is 4.39 Å². The molecule has 0 saturated carbocycles. The lowest BCUT2D eigenvalue weighted by molar-refractivity contribution is -0.136. The SMILES string of the molecule is NCCCNCCCCNC(=O)C(F)C(=O)NCCCCCCN=C(N)N. The summed E-state index contributed by atoms with van der Waals surface area (Å²) in [6.07, 6.45) is 3.66. The molecule has 0 rings (SSSR count). The summed E-state index contributed by atoms with van der Waals surface area (Å²) in [4.78, 5) is 27.1. The Labute approximate surface area is 161 Å². The fraction of sp³-hybridized carbons (Fsp3) is 0.824. The van der Waals surface area contributed by atoms with E-state index in [1.54, 1.807) is 0 Å². The van der Waals surface area contributed by atoms with Crippen LogP contribution in [0.15, 0.2) is 4.99 Å². The quantitative estimate of drug-likeness (QED) is 0.0818. The predicted molar refractivity (Wildman–Crippen MR) is 106 cm³/mol. The standard InChI is InChI=1S/C17H36FN7O2/c18-14(16(27)24-12-6-5-9-22-10-7-8-19)15(26)23-11-3-1-2-4-13-25-17(20)21/h14,22H,1-13,19H2,(H,23,26)(H,24,27)(H4,20,21,25). The van der Waals surface area contributed by atoms with Gasteiger partial charge in [-0.05, 0) is 51.7 Å². The Morgan fingerprint density at radius 2 is 1.33 bits per heavy atom. The fourth-order valence-electron chi connectivity index (χ4n) is 2.25. The van der Waals surface area contributed by atoms with E-state index in [0.29, 0.717) is 32.6 Å². The minimum absolute atomic E-state index is 0.0775. The Morgan fingerprint density at radius 1 is 0.815 bits per heavy atom. The second-order valence-electron chi connectivity index (χ2n) is 6.26. The van der Waals surface area contributed by atoms with Crippen LogP contribution < -0.4 is 33.2 Å². The minimum Gasteiger partial charge on any atom is -0.370 e. The predicted octanol–water partition coefficient (Wildman–Crippen LogP) is -0.891. The van der Waals surface area contributed by atoms with Crippen LogP contribution in [0.4, 0.5) is 4.39 Å². The number of alkyl halides is 1. The normalized spacial score (nSPS) is 11.6. The maximum atomic E-state index is 13.8. The van der Waals surface area contributed by atoms with Crippen LogP contribution in [0.3, 0.4) is 0 Å². The number of nitrogens with zero attached hydrogens (tertiary/aromatic N) is 1. The molecule has 10 heteroatoms. The molecule has 2 amide bonds. The first-order valence-electron chi connectivity index (χ1n) is 9.64. The largest absolute Gasteiger partial charge is 0.370 e. The van der Waals surface area contributed by atoms with Gasteiger partial charge in [0.2, 0.25) is 0 Å². The van der Waals surface area contributed by atoms with Crippen molar-refractivity contribution in [3.05, 3.63) is 0 Å². The van der Waals surface area contributed by atoms with Crippen LogP contribution in [0.2, 0.25) is 0 Å². The van der Waals surface area contributed by atoms with E-state index in [4.69, 9.17) is 17.2 Å². The summed E-state index contributed by atoms with van der Waals surface area (Å²) in [5, 5.41) is 8.10. The van der Waals surface area contributed by atoms with Crippen LogP contribution in [-0.2, 0) is 9.59 Å². The molecule has 27 heavy (non-hydrogen) atoms. The number of rotatable bonds is 17. The molecule has 0 fully saturated rings. The Bertz CT molecular complexity index is 432. The van der Waals surface area contributed by atoms with Gasteiger partial charge in [0.15, 0.2) is 5.96 Å². The van der Waals surface area contributed by atoms with Gasteiger partial charge in [0.05, 0.1) is 0 Å². The zero-order chi connectivity index (χ0) is 20.3. The Hall–Kier alpha value is -1.94. The molecule has 0 aromatic rings. The van der Waals surface area contributed by atoms with Crippen LogP contribution >= 0.6 is 0 Å². The first-order chi connectivity index (χ1) is 13.0. The summed E-state index contributed by atoms with van der Waals surface area (Å²) < 4.78 is 13.8. The molecule has 0 spiro atoms. The minimum atomic E-state index is -2.17. The van der Waals surface area contributed by atoms with Crippen molar-refractivity contribution in [1.82, 2.24) is 16.0 Å². The molecule has 0 aromatic heterocycles. The average molecular weight is 390 g/mol. The van der Waals surface area contributed by atoms with E-state index in [1.807, 2.05) is 0 Å². The first-order valence-corrected chi connectivity index (χ1v) is 9.64. The van der Waals surface area contributed by atoms with Gasteiger partial charge in [-0.2, -0.15) is 0 Å². The second kappa shape index (κ2) is 17.5. The van der Waals surface area contributed by atoms with Gasteiger partial charge in [-0.15, -0.1) is 0 Å². The van der Waals surface area contributed by atoms with Crippen LogP contribution in [-0.4, -0.2) is 63.2 Å². The van der Waals surface area contributed by atoms with Gasteiger partial charge in [-0.3, -0.25) is 14.6 Å². The third-order valence-electron chi connectivity index (χ3n) is 3.78. The van der Waals surface area contributed by atoms with Gasteiger partial charge >= 0.3 is 0 Å². The maximum absolute atomic E-state index is 13.8. The first kappa shape index (κ1) is 25.1. The molecule has 0 radical (unpaired) electrons. The van der Waals surface area contributed by atoms with Gasteiger partial charge in [0.25, 0.3) is 18.0 Å². The zero-order valence-electron chi connectivity index (χ0n) is 16.1. The van der Waals surface area contributed by atoms with Gasteiger partial charge in [0.1, 0.15) is 0 Å². The fourth-order valence-corrected chi connectivity index (χ4v) is 2.25. The average Bonchev–Trinajstić information content (AvgIpc) is 2.64. The molecular weight excluding hydrogens is 353 g/mol.